The van der Waals surface area contributed by atoms with Gasteiger partial charge in [0, 0.05) is 12.1 Å². The predicted octanol–water partition coefficient (Wildman–Crippen LogP) is -4.06. The summed E-state index contributed by atoms with van der Waals surface area (Å²) in [5, 5.41) is 20.9. The molecule has 0 radical (unpaired) electrons. The first-order chi connectivity index (χ1) is 8.41. The molecule has 1 aliphatic rings. The molecule has 0 fully saturated rings. The van der Waals surface area contributed by atoms with E-state index in [1.54, 1.807) is 0 Å². The van der Waals surface area contributed by atoms with Crippen molar-refractivity contribution in [2.45, 2.75) is 0 Å². The second-order valence-electron chi connectivity index (χ2n) is 3.56. The van der Waals surface area contributed by atoms with Crippen molar-refractivity contribution in [3.8, 4) is 0 Å². The van der Waals surface area contributed by atoms with E-state index < -0.39 is 29.3 Å². The summed E-state index contributed by atoms with van der Waals surface area (Å²) in [4.78, 5) is 44.1. The Morgan fingerprint density at radius 1 is 1.21 bits per heavy atom. The molecule has 1 aromatic carbocycles. The Balaban J connectivity index is 0.00000180. The van der Waals surface area contributed by atoms with E-state index in [1.165, 1.54) is 0 Å². The number of aliphatic carboxylic acids is 1. The molecular weight excluding hydrogens is 267 g/mol. The molecule has 0 atom stereocenters. The summed E-state index contributed by atoms with van der Waals surface area (Å²) in [5.74, 6) is -3.25. The van der Waals surface area contributed by atoms with Gasteiger partial charge in [0.05, 0.1) is 28.6 Å². The van der Waals surface area contributed by atoms with E-state index in [9.17, 15) is 29.6 Å². The van der Waals surface area contributed by atoms with Crippen molar-refractivity contribution in [3.05, 3.63) is 39.4 Å². The summed E-state index contributed by atoms with van der Waals surface area (Å²) in [6, 6.07) is 3.15. The van der Waals surface area contributed by atoms with Crippen molar-refractivity contribution < 1.29 is 54.0 Å². The minimum absolute atomic E-state index is 0. The van der Waals surface area contributed by atoms with Crippen LogP contribution in [0.15, 0.2) is 18.2 Å². The number of rotatable bonds is 3. The van der Waals surface area contributed by atoms with Crippen LogP contribution >= 0.6 is 0 Å². The molecule has 0 bridgehead atoms. The fourth-order valence-electron chi connectivity index (χ4n) is 1.66. The average Bonchev–Trinajstić information content (AvgIpc) is 2.53. The minimum Gasteiger partial charge on any atom is -0.548 e. The number of nitrogens with zero attached hydrogens (tertiary/aromatic N) is 2. The van der Waals surface area contributed by atoms with Gasteiger partial charge in [-0.05, 0) is 6.07 Å². The van der Waals surface area contributed by atoms with Gasteiger partial charge in [-0.2, -0.15) is 0 Å². The molecule has 9 heteroatoms. The molecule has 8 nitrogen and oxygen atoms in total. The summed E-state index contributed by atoms with van der Waals surface area (Å²) in [6.07, 6.45) is 0. The van der Waals surface area contributed by atoms with E-state index in [0.717, 1.165) is 18.2 Å². The summed E-state index contributed by atoms with van der Waals surface area (Å²) in [6.45, 7) is -0.875. The van der Waals surface area contributed by atoms with Gasteiger partial charge < -0.3 is 9.90 Å². The number of amides is 2. The zero-order valence-electron chi connectivity index (χ0n) is 9.78. The summed E-state index contributed by atoms with van der Waals surface area (Å²) >= 11 is 0. The van der Waals surface area contributed by atoms with E-state index in [1.807, 2.05) is 0 Å². The van der Waals surface area contributed by atoms with E-state index in [0.29, 0.717) is 4.90 Å². The number of nitro groups is 1. The maximum absolute atomic E-state index is 11.7. The average molecular weight is 272 g/mol. The fraction of sp³-hybridized carbons (Fsp3) is 0.100. The normalized spacial score (nSPS) is 12.9. The number of carboxylic acids is 1. The molecular formula is C10H5N2NaO6. The maximum Gasteiger partial charge on any atom is 1.00 e. The van der Waals surface area contributed by atoms with E-state index >= 15 is 0 Å². The van der Waals surface area contributed by atoms with Crippen LogP contribution in [0.5, 0.6) is 0 Å². The summed E-state index contributed by atoms with van der Waals surface area (Å²) in [7, 11) is 0. The molecule has 92 valence electrons. The van der Waals surface area contributed by atoms with Gasteiger partial charge in [0.25, 0.3) is 17.5 Å². The molecule has 1 aromatic rings. The van der Waals surface area contributed by atoms with Gasteiger partial charge in [-0.1, -0.05) is 0 Å². The number of hydrogen-bond donors (Lipinski definition) is 0. The number of nitro benzene ring substituents is 1. The van der Waals surface area contributed by atoms with Gasteiger partial charge in [-0.3, -0.25) is 24.6 Å². The Bertz CT molecular complexity index is 600. The first-order valence-electron chi connectivity index (χ1n) is 4.76. The first kappa shape index (κ1) is 15.3. The van der Waals surface area contributed by atoms with E-state index in [-0.39, 0.29) is 46.4 Å². The number of carboxylic acid groups (broad SMARTS) is 1. The third kappa shape index (κ3) is 2.65. The van der Waals surface area contributed by atoms with Crippen molar-refractivity contribution in [1.29, 1.82) is 0 Å². The van der Waals surface area contributed by atoms with E-state index in [2.05, 4.69) is 0 Å². The van der Waals surface area contributed by atoms with Crippen LogP contribution in [0.25, 0.3) is 0 Å². The number of carbonyl (C=O) groups excluding carboxylic acids is 3. The molecule has 19 heavy (non-hydrogen) atoms. The minimum atomic E-state index is -1.58. The number of carbonyl (C=O) groups is 3. The van der Waals surface area contributed by atoms with Crippen molar-refractivity contribution in [1.82, 2.24) is 4.90 Å². The third-order valence-corrected chi connectivity index (χ3v) is 2.45. The Morgan fingerprint density at radius 2 is 1.79 bits per heavy atom. The standard InChI is InChI=1S/C10H6N2O6.Na/c13-8(14)4-11-9(15)6-2-1-5(12(17)18)3-7(6)10(11)16;/h1-3H,4H2,(H,13,14);/q;+1/p-1. The van der Waals surface area contributed by atoms with Crippen LogP contribution in [0, 0.1) is 10.1 Å². The fourth-order valence-corrected chi connectivity index (χ4v) is 1.66. The van der Waals surface area contributed by atoms with Gasteiger partial charge in [0.2, 0.25) is 0 Å². The van der Waals surface area contributed by atoms with Gasteiger partial charge in [-0.25, -0.2) is 0 Å². The quantitative estimate of drug-likeness (QED) is 0.239. The van der Waals surface area contributed by atoms with Gasteiger partial charge in [0.15, 0.2) is 0 Å². The summed E-state index contributed by atoms with van der Waals surface area (Å²) in [5.41, 5.74) is -0.562. The van der Waals surface area contributed by atoms with Crippen LogP contribution in [0.2, 0.25) is 0 Å². The Kier molecular flexibility index (Phi) is 4.40. The molecule has 0 unspecified atom stereocenters. The molecule has 2 rings (SSSR count). The van der Waals surface area contributed by atoms with Crippen LogP contribution in [-0.2, 0) is 4.79 Å². The largest absolute Gasteiger partial charge is 1.00 e. The van der Waals surface area contributed by atoms with Crippen LogP contribution in [0.4, 0.5) is 5.69 Å². The Labute approximate surface area is 128 Å². The maximum atomic E-state index is 11.7. The zero-order valence-corrected chi connectivity index (χ0v) is 11.8. The van der Waals surface area contributed by atoms with Crippen molar-refractivity contribution in [3.63, 3.8) is 0 Å². The predicted molar refractivity (Wildman–Crippen MR) is 53.5 cm³/mol. The van der Waals surface area contributed by atoms with Crippen LogP contribution in [0.3, 0.4) is 0 Å². The van der Waals surface area contributed by atoms with Gasteiger partial charge in [-0.15, -0.1) is 0 Å². The molecule has 1 heterocycles. The topological polar surface area (TPSA) is 121 Å². The third-order valence-electron chi connectivity index (χ3n) is 2.45. The molecule has 0 spiro atoms. The van der Waals surface area contributed by atoms with Crippen molar-refractivity contribution >= 4 is 23.5 Å². The van der Waals surface area contributed by atoms with Crippen LogP contribution in [-0.4, -0.2) is 34.2 Å². The molecule has 0 saturated heterocycles. The smallest absolute Gasteiger partial charge is 0.548 e. The van der Waals surface area contributed by atoms with Gasteiger partial charge >= 0.3 is 29.6 Å². The first-order valence-corrected chi connectivity index (χ1v) is 4.76. The molecule has 0 N–H and O–H groups in total. The summed E-state index contributed by atoms with van der Waals surface area (Å²) < 4.78 is 0. The number of benzene rings is 1. The molecule has 0 aliphatic carbocycles. The Morgan fingerprint density at radius 3 is 2.32 bits per heavy atom. The molecule has 0 aromatic heterocycles. The number of non-ortho nitro benzene ring substituents is 1. The second-order valence-corrected chi connectivity index (χ2v) is 3.56. The van der Waals surface area contributed by atoms with Crippen LogP contribution in [0.1, 0.15) is 20.7 Å². The van der Waals surface area contributed by atoms with E-state index in [4.69, 9.17) is 0 Å². The monoisotopic (exact) mass is 272 g/mol. The van der Waals surface area contributed by atoms with Crippen molar-refractivity contribution in [2.24, 2.45) is 0 Å². The molecule has 2 amide bonds. The number of fused-ring (bicyclic) bond motifs is 1. The Hall–Kier alpha value is -1.77. The molecule has 0 saturated carbocycles. The second kappa shape index (κ2) is 5.47. The SMILES string of the molecule is O=C([O-])CN1C(=O)c2ccc([N+](=O)[O-])cc2C1=O.[Na+]. The van der Waals surface area contributed by atoms with Crippen LogP contribution < -0.4 is 34.7 Å². The number of hydrogen-bond acceptors (Lipinski definition) is 6. The van der Waals surface area contributed by atoms with Gasteiger partial charge in [0.1, 0.15) is 0 Å². The van der Waals surface area contributed by atoms with Crippen molar-refractivity contribution in [2.75, 3.05) is 6.54 Å². The molecule has 1 aliphatic heterocycles. The zero-order chi connectivity index (χ0) is 13.4. The number of imide groups is 1.